The molecule has 1 fully saturated rings. The van der Waals surface area contributed by atoms with Crippen molar-refractivity contribution in [3.63, 3.8) is 0 Å². The molecule has 2 heterocycles. The smallest absolute Gasteiger partial charge is 0.311 e. The van der Waals surface area contributed by atoms with Gasteiger partial charge in [-0.3, -0.25) is 9.59 Å². The molecule has 1 aliphatic carbocycles. The lowest BCUT2D eigenvalue weighted by Gasteiger charge is -2.29. The van der Waals surface area contributed by atoms with Crippen molar-refractivity contribution in [3.8, 4) is 5.75 Å². The number of ether oxygens (including phenoxy) is 2. The lowest BCUT2D eigenvalue weighted by Crippen LogP contribution is -2.37. The van der Waals surface area contributed by atoms with Crippen LogP contribution in [0.4, 0.5) is 0 Å². The van der Waals surface area contributed by atoms with E-state index >= 15 is 0 Å². The average molecular weight is 534 g/mol. The van der Waals surface area contributed by atoms with E-state index in [4.69, 9.17) is 14.5 Å². The molecule has 2 aromatic heterocycles. The van der Waals surface area contributed by atoms with Gasteiger partial charge in [0, 0.05) is 25.2 Å². The van der Waals surface area contributed by atoms with Crippen LogP contribution in [-0.4, -0.2) is 62.4 Å². The van der Waals surface area contributed by atoms with Crippen molar-refractivity contribution >= 4 is 33.9 Å². The third kappa shape index (κ3) is 5.61. The number of hydrogen-bond donors (Lipinski definition) is 3. The van der Waals surface area contributed by atoms with E-state index < -0.39 is 0 Å². The zero-order valence-corrected chi connectivity index (χ0v) is 22.6. The SMILES string of the molecule is CCOC(=O)C1CCCCC1OCCNC(=O)c1ccc2nc(C(C)c3nc4cc(O)ccc4[nH]3)n(C)c2c1. The first-order chi connectivity index (χ1) is 18.9. The number of imidazole rings is 2. The molecular weight excluding hydrogens is 498 g/mol. The number of fused-ring (bicyclic) bond motifs is 2. The van der Waals surface area contributed by atoms with Gasteiger partial charge in [0.05, 0.1) is 53.2 Å². The molecule has 0 radical (unpaired) electrons. The molecule has 3 N–H and O–H groups in total. The van der Waals surface area contributed by atoms with Gasteiger partial charge < -0.3 is 29.4 Å². The van der Waals surface area contributed by atoms with E-state index in [0.717, 1.165) is 53.9 Å². The van der Waals surface area contributed by atoms with Gasteiger partial charge in [-0.25, -0.2) is 9.97 Å². The Morgan fingerprint density at radius 3 is 2.79 bits per heavy atom. The summed E-state index contributed by atoms with van der Waals surface area (Å²) in [5.41, 5.74) is 3.70. The summed E-state index contributed by atoms with van der Waals surface area (Å²) >= 11 is 0. The molecule has 4 aromatic rings. The first-order valence-corrected chi connectivity index (χ1v) is 13.6. The number of phenols is 1. The fourth-order valence-corrected chi connectivity index (χ4v) is 5.37. The van der Waals surface area contributed by atoms with E-state index in [0.29, 0.717) is 30.8 Å². The van der Waals surface area contributed by atoms with Crippen molar-refractivity contribution in [1.82, 2.24) is 24.8 Å². The standard InChI is InChI=1S/C29H35N5O5/c1-4-38-29(37)20-7-5-6-8-25(20)39-14-13-30-28(36)18-9-11-22-24(15-18)34(3)27(33-22)17(2)26-31-21-12-10-19(35)16-23(21)32-26/h9-12,15-17,20,25,35H,4-8,13-14H2,1-3H3,(H,30,36)(H,31,32). The van der Waals surface area contributed by atoms with Gasteiger partial charge in [-0.15, -0.1) is 0 Å². The number of aromatic hydroxyl groups is 1. The number of H-pyrrole nitrogens is 1. The predicted octanol–water partition coefficient (Wildman–Crippen LogP) is 4.18. The highest BCUT2D eigenvalue weighted by molar-refractivity contribution is 5.97. The Kier molecular flexibility index (Phi) is 7.83. The number of nitrogens with one attached hydrogen (secondary N) is 2. The lowest BCUT2D eigenvalue weighted by molar-refractivity contribution is -0.156. The van der Waals surface area contributed by atoms with Gasteiger partial charge in [-0.2, -0.15) is 0 Å². The number of rotatable bonds is 9. The molecule has 1 saturated carbocycles. The first-order valence-electron chi connectivity index (χ1n) is 13.6. The Morgan fingerprint density at radius 1 is 1.15 bits per heavy atom. The van der Waals surface area contributed by atoms with Crippen LogP contribution in [0.3, 0.4) is 0 Å². The van der Waals surface area contributed by atoms with Crippen LogP contribution in [0, 0.1) is 5.92 Å². The van der Waals surface area contributed by atoms with Crippen LogP contribution in [0.25, 0.3) is 22.1 Å². The number of phenolic OH excluding ortho intramolecular Hbond substituents is 1. The van der Waals surface area contributed by atoms with Gasteiger partial charge in [-0.05, 0) is 57.0 Å². The molecule has 39 heavy (non-hydrogen) atoms. The summed E-state index contributed by atoms with van der Waals surface area (Å²) in [6, 6.07) is 10.5. The maximum atomic E-state index is 12.9. The monoisotopic (exact) mass is 533 g/mol. The number of nitrogens with zero attached hydrogens (tertiary/aromatic N) is 3. The normalized spacial score (nSPS) is 18.3. The van der Waals surface area contributed by atoms with E-state index in [-0.39, 0.29) is 35.6 Å². The van der Waals surface area contributed by atoms with Crippen LogP contribution in [0.1, 0.15) is 67.5 Å². The largest absolute Gasteiger partial charge is 0.508 e. The van der Waals surface area contributed by atoms with Crippen LogP contribution >= 0.6 is 0 Å². The van der Waals surface area contributed by atoms with Crippen LogP contribution in [0.15, 0.2) is 36.4 Å². The zero-order chi connectivity index (χ0) is 27.5. The molecule has 3 atom stereocenters. The van der Waals surface area contributed by atoms with Crippen LogP contribution in [0.5, 0.6) is 5.75 Å². The Hall–Kier alpha value is -3.92. The highest BCUT2D eigenvalue weighted by Crippen LogP contribution is 2.29. The van der Waals surface area contributed by atoms with E-state index in [9.17, 15) is 14.7 Å². The summed E-state index contributed by atoms with van der Waals surface area (Å²) in [6.07, 6.45) is 3.46. The molecule has 1 aliphatic rings. The number of benzene rings is 2. The molecule has 0 bridgehead atoms. The number of carbonyl (C=O) groups excluding carboxylic acids is 2. The van der Waals surface area contributed by atoms with Gasteiger partial charge in [-0.1, -0.05) is 12.8 Å². The number of aromatic amines is 1. The summed E-state index contributed by atoms with van der Waals surface area (Å²) in [7, 11) is 1.93. The maximum absolute atomic E-state index is 12.9. The summed E-state index contributed by atoms with van der Waals surface area (Å²) in [5.74, 6) is 0.971. The molecule has 10 heteroatoms. The second kappa shape index (κ2) is 11.4. The van der Waals surface area contributed by atoms with E-state index in [1.54, 1.807) is 24.3 Å². The lowest BCUT2D eigenvalue weighted by atomic mass is 9.86. The minimum absolute atomic E-state index is 0.135. The Labute approximate surface area is 226 Å². The Balaban J connectivity index is 1.22. The first kappa shape index (κ1) is 26.7. The molecule has 1 amide bonds. The summed E-state index contributed by atoms with van der Waals surface area (Å²) < 4.78 is 13.2. The van der Waals surface area contributed by atoms with E-state index in [1.807, 2.05) is 37.6 Å². The predicted molar refractivity (Wildman–Crippen MR) is 147 cm³/mol. The number of hydrogen-bond acceptors (Lipinski definition) is 7. The second-order valence-corrected chi connectivity index (χ2v) is 10.1. The molecule has 2 aromatic carbocycles. The van der Waals surface area contributed by atoms with Crippen molar-refractivity contribution < 1.29 is 24.2 Å². The Morgan fingerprint density at radius 2 is 1.97 bits per heavy atom. The molecule has 0 spiro atoms. The third-order valence-electron chi connectivity index (χ3n) is 7.47. The molecule has 0 aliphatic heterocycles. The fraction of sp³-hybridized carbons (Fsp3) is 0.448. The zero-order valence-electron chi connectivity index (χ0n) is 22.6. The minimum Gasteiger partial charge on any atom is -0.508 e. The number of aromatic nitrogens is 4. The van der Waals surface area contributed by atoms with E-state index in [2.05, 4.69) is 15.3 Å². The number of aryl methyl sites for hydroxylation is 1. The number of carbonyl (C=O) groups is 2. The molecule has 10 nitrogen and oxygen atoms in total. The number of amides is 1. The highest BCUT2D eigenvalue weighted by Gasteiger charge is 2.32. The van der Waals surface area contributed by atoms with Crippen molar-refractivity contribution in [1.29, 1.82) is 0 Å². The topological polar surface area (TPSA) is 131 Å². The highest BCUT2D eigenvalue weighted by atomic mass is 16.5. The van der Waals surface area contributed by atoms with E-state index in [1.165, 1.54) is 0 Å². The van der Waals surface area contributed by atoms with Crippen molar-refractivity contribution in [3.05, 3.63) is 53.6 Å². The van der Waals surface area contributed by atoms with Crippen molar-refractivity contribution in [2.24, 2.45) is 13.0 Å². The summed E-state index contributed by atoms with van der Waals surface area (Å²) in [6.45, 7) is 4.87. The summed E-state index contributed by atoms with van der Waals surface area (Å²) in [5, 5.41) is 12.7. The number of esters is 1. The van der Waals surface area contributed by atoms with Gasteiger partial charge in [0.25, 0.3) is 5.91 Å². The molecule has 3 unspecified atom stereocenters. The van der Waals surface area contributed by atoms with Crippen LogP contribution < -0.4 is 5.32 Å². The van der Waals surface area contributed by atoms with Gasteiger partial charge in [0.2, 0.25) is 0 Å². The quantitative estimate of drug-likeness (QED) is 0.217. The van der Waals surface area contributed by atoms with Crippen LogP contribution in [0.2, 0.25) is 0 Å². The van der Waals surface area contributed by atoms with Crippen molar-refractivity contribution in [2.75, 3.05) is 19.8 Å². The summed E-state index contributed by atoms with van der Waals surface area (Å²) in [4.78, 5) is 37.9. The van der Waals surface area contributed by atoms with Crippen molar-refractivity contribution in [2.45, 2.75) is 51.6 Å². The molecule has 206 valence electrons. The van der Waals surface area contributed by atoms with Gasteiger partial charge >= 0.3 is 5.97 Å². The van der Waals surface area contributed by atoms with Crippen LogP contribution in [-0.2, 0) is 21.3 Å². The van der Waals surface area contributed by atoms with Gasteiger partial charge in [0.1, 0.15) is 17.4 Å². The molecule has 5 rings (SSSR count). The average Bonchev–Trinajstić information content (AvgIpc) is 3.51. The fourth-order valence-electron chi connectivity index (χ4n) is 5.37. The molecular formula is C29H35N5O5. The Bertz CT molecular complexity index is 1490. The maximum Gasteiger partial charge on any atom is 0.311 e. The minimum atomic E-state index is -0.232. The second-order valence-electron chi connectivity index (χ2n) is 10.1. The van der Waals surface area contributed by atoms with Gasteiger partial charge in [0.15, 0.2) is 0 Å². The third-order valence-corrected chi connectivity index (χ3v) is 7.47. The molecule has 0 saturated heterocycles.